The summed E-state index contributed by atoms with van der Waals surface area (Å²) >= 11 is 0. The van der Waals surface area contributed by atoms with Crippen molar-refractivity contribution in [1.29, 1.82) is 0 Å². The molecule has 0 spiro atoms. The van der Waals surface area contributed by atoms with Crippen molar-refractivity contribution in [2.24, 2.45) is 0 Å². The molecule has 0 saturated heterocycles. The van der Waals surface area contributed by atoms with Crippen LogP contribution in [-0.2, 0) is 23.9 Å². The lowest BCUT2D eigenvalue weighted by Gasteiger charge is -2.28. The van der Waals surface area contributed by atoms with Gasteiger partial charge in [0.05, 0.1) is 40.1 Å². The van der Waals surface area contributed by atoms with Crippen LogP contribution >= 0.6 is 0 Å². The van der Waals surface area contributed by atoms with Crippen LogP contribution in [0.2, 0.25) is 0 Å². The fourth-order valence-corrected chi connectivity index (χ4v) is 1.66. The molecule has 1 unspecified atom stereocenters. The van der Waals surface area contributed by atoms with E-state index in [0.29, 0.717) is 11.0 Å². The third kappa shape index (κ3) is 10.9. The van der Waals surface area contributed by atoms with E-state index in [0.717, 1.165) is 0 Å². The predicted octanol–water partition coefficient (Wildman–Crippen LogP) is 0.245. The van der Waals surface area contributed by atoms with Crippen LogP contribution in [0.25, 0.3) is 0 Å². The number of hydrogen-bond acceptors (Lipinski definition) is 6. The van der Waals surface area contributed by atoms with Crippen LogP contribution in [-0.4, -0.2) is 67.4 Å². The van der Waals surface area contributed by atoms with E-state index in [2.05, 4.69) is 4.74 Å². The third-order valence-electron chi connectivity index (χ3n) is 2.42. The van der Waals surface area contributed by atoms with Gasteiger partial charge < -0.3 is 19.1 Å². The Hall–Kier alpha value is -1.47. The molecule has 1 N–H and O–H groups in total. The van der Waals surface area contributed by atoms with Crippen LogP contribution in [0.5, 0.6) is 0 Å². The number of rotatable bonds is 8. The van der Waals surface area contributed by atoms with Gasteiger partial charge in [-0.2, -0.15) is 0 Å². The maximum absolute atomic E-state index is 11.7. The van der Waals surface area contributed by atoms with Crippen molar-refractivity contribution >= 4 is 17.9 Å². The van der Waals surface area contributed by atoms with Gasteiger partial charge in [0.25, 0.3) is 0 Å². The zero-order valence-corrected chi connectivity index (χ0v) is 13.4. The summed E-state index contributed by atoms with van der Waals surface area (Å²) < 4.78 is 10.3. The van der Waals surface area contributed by atoms with Gasteiger partial charge in [-0.1, -0.05) is 6.92 Å². The molecule has 0 aromatic rings. The third-order valence-corrected chi connectivity index (χ3v) is 2.42. The van der Waals surface area contributed by atoms with Gasteiger partial charge in [-0.3, -0.25) is 14.4 Å². The SMILES string of the molecule is CCC(=O)O[C@H](CC(=O)OC(=O)CC(C)O)C[N+](C)(C)C. The summed E-state index contributed by atoms with van der Waals surface area (Å²) in [4.78, 5) is 34.3. The molecule has 7 nitrogen and oxygen atoms in total. The van der Waals surface area contributed by atoms with Crippen molar-refractivity contribution in [1.82, 2.24) is 0 Å². The number of ether oxygens (including phenoxy) is 2. The average molecular weight is 304 g/mol. The summed E-state index contributed by atoms with van der Waals surface area (Å²) in [7, 11) is 5.70. The summed E-state index contributed by atoms with van der Waals surface area (Å²) in [5, 5.41) is 9.04. The summed E-state index contributed by atoms with van der Waals surface area (Å²) in [5.74, 6) is -1.96. The van der Waals surface area contributed by atoms with Crippen molar-refractivity contribution in [3.8, 4) is 0 Å². The molecule has 2 atom stereocenters. The lowest BCUT2D eigenvalue weighted by Crippen LogP contribution is -2.44. The van der Waals surface area contributed by atoms with Crippen LogP contribution < -0.4 is 0 Å². The summed E-state index contributed by atoms with van der Waals surface area (Å²) in [6, 6.07) is 0. The van der Waals surface area contributed by atoms with E-state index in [4.69, 9.17) is 9.84 Å². The van der Waals surface area contributed by atoms with E-state index in [-0.39, 0.29) is 19.3 Å². The zero-order chi connectivity index (χ0) is 16.6. The first-order valence-electron chi connectivity index (χ1n) is 6.95. The number of nitrogens with zero attached hydrogens (tertiary/aromatic N) is 1. The molecule has 0 rings (SSSR count). The Morgan fingerprint density at radius 3 is 2.00 bits per heavy atom. The molecule has 0 radical (unpaired) electrons. The molecule has 122 valence electrons. The van der Waals surface area contributed by atoms with Gasteiger partial charge in [-0.15, -0.1) is 0 Å². The molecule has 0 saturated carbocycles. The lowest BCUT2D eigenvalue weighted by atomic mass is 10.2. The van der Waals surface area contributed by atoms with Crippen molar-refractivity contribution in [3.05, 3.63) is 0 Å². The highest BCUT2D eigenvalue weighted by atomic mass is 16.6. The topological polar surface area (TPSA) is 89.9 Å². The van der Waals surface area contributed by atoms with E-state index < -0.39 is 30.1 Å². The smallest absolute Gasteiger partial charge is 0.317 e. The Kier molecular flexibility index (Phi) is 8.12. The molecule has 0 aliphatic carbocycles. The Balaban J connectivity index is 4.54. The van der Waals surface area contributed by atoms with Crippen LogP contribution in [0.4, 0.5) is 0 Å². The predicted molar refractivity (Wildman–Crippen MR) is 75.1 cm³/mol. The minimum Gasteiger partial charge on any atom is -0.456 e. The molecule has 0 aromatic heterocycles. The maximum atomic E-state index is 11.7. The van der Waals surface area contributed by atoms with Gasteiger partial charge in [0.1, 0.15) is 6.54 Å². The number of aliphatic hydroxyl groups is 1. The van der Waals surface area contributed by atoms with Gasteiger partial charge in [0.15, 0.2) is 6.10 Å². The van der Waals surface area contributed by atoms with Crippen LogP contribution in [0.15, 0.2) is 0 Å². The Morgan fingerprint density at radius 2 is 1.57 bits per heavy atom. The van der Waals surface area contributed by atoms with E-state index in [1.165, 1.54) is 6.92 Å². The van der Waals surface area contributed by atoms with Crippen molar-refractivity contribution in [2.45, 2.75) is 45.3 Å². The standard InChI is InChI=1S/C14H26NO6/c1-6-12(17)20-11(9-15(3,4)5)8-14(19)21-13(18)7-10(2)16/h10-11,16H,6-9H2,1-5H3/q+1/t10?,11-/m1/s1. The molecule has 0 aliphatic rings. The highest BCUT2D eigenvalue weighted by Crippen LogP contribution is 2.08. The number of hydrogen-bond donors (Lipinski definition) is 1. The highest BCUT2D eigenvalue weighted by molar-refractivity contribution is 5.86. The second-order valence-corrected chi connectivity index (χ2v) is 6.04. The number of quaternary nitrogens is 1. The van der Waals surface area contributed by atoms with E-state index in [1.54, 1.807) is 6.92 Å². The first-order chi connectivity index (χ1) is 9.53. The van der Waals surface area contributed by atoms with Gasteiger partial charge in [-0.25, -0.2) is 0 Å². The van der Waals surface area contributed by atoms with E-state index >= 15 is 0 Å². The van der Waals surface area contributed by atoms with Gasteiger partial charge in [0, 0.05) is 6.42 Å². The van der Waals surface area contributed by atoms with E-state index in [9.17, 15) is 14.4 Å². The van der Waals surface area contributed by atoms with Crippen molar-refractivity contribution in [2.75, 3.05) is 27.7 Å². The number of aliphatic hydroxyl groups excluding tert-OH is 1. The molecule has 0 amide bonds. The Bertz CT molecular complexity index is 372. The van der Waals surface area contributed by atoms with Crippen molar-refractivity contribution in [3.63, 3.8) is 0 Å². The van der Waals surface area contributed by atoms with E-state index in [1.807, 2.05) is 21.1 Å². The molecule has 0 bridgehead atoms. The Labute approximate surface area is 125 Å². The molecular formula is C14H26NO6+. The van der Waals surface area contributed by atoms with Crippen LogP contribution in [0.3, 0.4) is 0 Å². The monoisotopic (exact) mass is 304 g/mol. The first-order valence-corrected chi connectivity index (χ1v) is 6.95. The molecule has 0 aromatic carbocycles. The normalized spacial score (nSPS) is 14.2. The minimum absolute atomic E-state index is 0.188. The summed E-state index contributed by atoms with van der Waals surface area (Å²) in [6.45, 7) is 3.51. The average Bonchev–Trinajstić information content (AvgIpc) is 2.24. The fraction of sp³-hybridized carbons (Fsp3) is 0.786. The number of likely N-dealkylation sites (N-methyl/N-ethyl adjacent to an activating group) is 1. The summed E-state index contributed by atoms with van der Waals surface area (Å²) in [5.41, 5.74) is 0. The maximum Gasteiger partial charge on any atom is 0.317 e. The number of carbonyl (C=O) groups excluding carboxylic acids is 3. The van der Waals surface area contributed by atoms with Gasteiger partial charge in [0.2, 0.25) is 0 Å². The molecule has 7 heteroatoms. The minimum atomic E-state index is -0.870. The fourth-order valence-electron chi connectivity index (χ4n) is 1.66. The number of carbonyl (C=O) groups is 3. The van der Waals surface area contributed by atoms with Crippen molar-refractivity contribution < 1.29 is 33.4 Å². The number of esters is 3. The highest BCUT2D eigenvalue weighted by Gasteiger charge is 2.26. The molecule has 21 heavy (non-hydrogen) atoms. The molecule has 0 heterocycles. The summed E-state index contributed by atoms with van der Waals surface area (Å²) in [6.07, 6.45) is -1.74. The molecular weight excluding hydrogens is 278 g/mol. The first kappa shape index (κ1) is 19.5. The quantitative estimate of drug-likeness (QED) is 0.393. The zero-order valence-electron chi connectivity index (χ0n) is 13.4. The van der Waals surface area contributed by atoms with Crippen LogP contribution in [0.1, 0.15) is 33.1 Å². The molecule has 0 fully saturated rings. The van der Waals surface area contributed by atoms with Gasteiger partial charge in [-0.05, 0) is 6.92 Å². The van der Waals surface area contributed by atoms with Gasteiger partial charge >= 0.3 is 17.9 Å². The Morgan fingerprint density at radius 1 is 1.05 bits per heavy atom. The largest absolute Gasteiger partial charge is 0.456 e. The second kappa shape index (κ2) is 8.74. The molecule has 0 aliphatic heterocycles. The lowest BCUT2D eigenvalue weighted by molar-refractivity contribution is -0.873. The second-order valence-electron chi connectivity index (χ2n) is 6.04. The van der Waals surface area contributed by atoms with Crippen LogP contribution in [0, 0.1) is 0 Å².